The lowest BCUT2D eigenvalue weighted by molar-refractivity contribution is -0.274. The van der Waals surface area contributed by atoms with Crippen LogP contribution in [-0.4, -0.2) is 61.2 Å². The number of hydrogen-bond donors (Lipinski definition) is 0. The van der Waals surface area contributed by atoms with Crippen molar-refractivity contribution in [2.24, 2.45) is 24.8 Å². The maximum absolute atomic E-state index is 13.1. The monoisotopic (exact) mass is 532 g/mol. The number of aryl methyl sites for hydroxylation is 2. The zero-order valence-electron chi connectivity index (χ0n) is 21.6. The summed E-state index contributed by atoms with van der Waals surface area (Å²) in [6.07, 6.45) is -0.333. The van der Waals surface area contributed by atoms with Crippen LogP contribution >= 0.6 is 0 Å². The minimum Gasteiger partial charge on any atom is -0.406 e. The van der Waals surface area contributed by atoms with Crippen LogP contribution in [0, 0.1) is 24.7 Å². The first-order valence-corrected chi connectivity index (χ1v) is 12.6. The van der Waals surface area contributed by atoms with Gasteiger partial charge in [0.1, 0.15) is 5.75 Å². The fourth-order valence-corrected chi connectivity index (χ4v) is 5.45. The fraction of sp³-hybridized carbons (Fsp3) is 0.500. The lowest BCUT2D eigenvalue weighted by atomic mass is 10.1. The smallest absolute Gasteiger partial charge is 0.406 e. The third-order valence-corrected chi connectivity index (χ3v) is 7.41. The summed E-state index contributed by atoms with van der Waals surface area (Å²) < 4.78 is 51.3. The molecule has 12 heteroatoms. The first kappa shape index (κ1) is 26.1. The van der Waals surface area contributed by atoms with E-state index in [4.69, 9.17) is 4.74 Å². The molecule has 3 aromatic rings. The topological polar surface area (TPSA) is 77.6 Å². The lowest BCUT2D eigenvalue weighted by Crippen LogP contribution is -2.36. The molecule has 2 atom stereocenters. The molecule has 2 fully saturated rings. The minimum absolute atomic E-state index is 0.0930. The van der Waals surface area contributed by atoms with Gasteiger partial charge in [-0.2, -0.15) is 5.10 Å². The second-order valence-corrected chi connectivity index (χ2v) is 10.1. The summed E-state index contributed by atoms with van der Waals surface area (Å²) in [4.78, 5) is 21.1. The van der Waals surface area contributed by atoms with Crippen molar-refractivity contribution in [1.82, 2.24) is 29.1 Å². The Morgan fingerprint density at radius 3 is 2.63 bits per heavy atom. The molecule has 204 valence electrons. The number of halogens is 3. The number of hydrogen-bond acceptors (Lipinski definition) is 6. The van der Waals surface area contributed by atoms with Crippen LogP contribution in [0.25, 0.3) is 0 Å². The van der Waals surface area contributed by atoms with Crippen molar-refractivity contribution in [1.29, 1.82) is 0 Å². The largest absolute Gasteiger partial charge is 0.573 e. The van der Waals surface area contributed by atoms with E-state index in [2.05, 4.69) is 33.6 Å². The summed E-state index contributed by atoms with van der Waals surface area (Å²) in [7, 11) is 1.76. The Kier molecular flexibility index (Phi) is 7.08. The van der Waals surface area contributed by atoms with Gasteiger partial charge in [-0.25, -0.2) is 9.78 Å². The second kappa shape index (κ2) is 10.3. The molecule has 2 aromatic heterocycles. The number of imidazole rings is 1. The van der Waals surface area contributed by atoms with E-state index < -0.39 is 12.5 Å². The van der Waals surface area contributed by atoms with Gasteiger partial charge >= 0.3 is 12.5 Å². The van der Waals surface area contributed by atoms with Crippen LogP contribution in [-0.2, 0) is 26.7 Å². The van der Waals surface area contributed by atoms with Crippen molar-refractivity contribution in [3.63, 3.8) is 0 Å². The SMILES string of the molecule is CCn1ncc(CN2CC3C(C2)C3CN(Cc2cccc(OC(F)(F)F)c2)C(=O)Oc2cn(C)cn2)c1C. The van der Waals surface area contributed by atoms with Crippen LogP contribution in [0.5, 0.6) is 11.6 Å². The van der Waals surface area contributed by atoms with Gasteiger partial charge in [0.15, 0.2) is 0 Å². The second-order valence-electron chi connectivity index (χ2n) is 10.1. The molecule has 2 aliphatic rings. The van der Waals surface area contributed by atoms with Gasteiger partial charge in [-0.1, -0.05) is 12.1 Å². The van der Waals surface area contributed by atoms with Crippen LogP contribution in [0.4, 0.5) is 18.0 Å². The zero-order valence-corrected chi connectivity index (χ0v) is 21.6. The Hall–Kier alpha value is -3.54. The Morgan fingerprint density at radius 1 is 1.24 bits per heavy atom. The molecule has 1 saturated heterocycles. The highest BCUT2D eigenvalue weighted by atomic mass is 19.4. The molecule has 1 amide bonds. The number of likely N-dealkylation sites (tertiary alicyclic amines) is 1. The van der Waals surface area contributed by atoms with E-state index in [-0.39, 0.29) is 18.2 Å². The molecule has 0 spiro atoms. The Labute approximate surface area is 218 Å². The van der Waals surface area contributed by atoms with Crippen molar-refractivity contribution in [2.45, 2.75) is 39.8 Å². The number of ether oxygens (including phenoxy) is 2. The standard InChI is InChI=1S/C26H31F3N6O3/c1-4-35-17(2)19(9-31-35)11-33-12-21-22(13-33)23(21)14-34(25(36)37-24-15-32(3)16-30-24)10-18-6-5-7-20(8-18)38-26(27,28)29/h5-9,15-16,21-23H,4,10-14H2,1-3H3. The highest BCUT2D eigenvalue weighted by Crippen LogP contribution is 2.52. The number of carbonyl (C=O) groups is 1. The van der Waals surface area contributed by atoms with E-state index in [1.807, 2.05) is 10.9 Å². The Morgan fingerprint density at radius 2 is 2.00 bits per heavy atom. The molecule has 1 aliphatic carbocycles. The number of piperidine rings is 1. The molecule has 1 aromatic carbocycles. The molecule has 0 N–H and O–H groups in total. The number of carbonyl (C=O) groups excluding carboxylic acids is 1. The molecule has 0 bridgehead atoms. The van der Waals surface area contributed by atoms with Crippen LogP contribution in [0.2, 0.25) is 0 Å². The summed E-state index contributed by atoms with van der Waals surface area (Å²) >= 11 is 0. The van der Waals surface area contributed by atoms with Crippen LogP contribution in [0.1, 0.15) is 23.7 Å². The summed E-state index contributed by atoms with van der Waals surface area (Å²) in [5.41, 5.74) is 2.93. The number of alkyl halides is 3. The Bertz CT molecular complexity index is 1280. The van der Waals surface area contributed by atoms with Crippen molar-refractivity contribution in [3.8, 4) is 11.6 Å². The zero-order chi connectivity index (χ0) is 27.0. The van der Waals surface area contributed by atoms with E-state index in [0.29, 0.717) is 29.9 Å². The number of nitrogens with zero attached hydrogens (tertiary/aromatic N) is 6. The number of benzene rings is 1. The van der Waals surface area contributed by atoms with Crippen molar-refractivity contribution in [2.75, 3.05) is 19.6 Å². The van der Waals surface area contributed by atoms with E-state index in [1.165, 1.54) is 35.8 Å². The third kappa shape index (κ3) is 5.95. The summed E-state index contributed by atoms with van der Waals surface area (Å²) in [5, 5.41) is 4.44. The van der Waals surface area contributed by atoms with Crippen LogP contribution in [0.15, 0.2) is 43.0 Å². The van der Waals surface area contributed by atoms with E-state index in [9.17, 15) is 18.0 Å². The highest BCUT2D eigenvalue weighted by Gasteiger charge is 2.56. The van der Waals surface area contributed by atoms with Crippen LogP contribution < -0.4 is 9.47 Å². The molecule has 38 heavy (non-hydrogen) atoms. The van der Waals surface area contributed by atoms with Gasteiger partial charge in [0.2, 0.25) is 5.88 Å². The summed E-state index contributed by atoms with van der Waals surface area (Å²) in [6.45, 7) is 8.27. The summed E-state index contributed by atoms with van der Waals surface area (Å²) in [6, 6.07) is 5.67. The Balaban J connectivity index is 1.24. The van der Waals surface area contributed by atoms with E-state index in [0.717, 1.165) is 26.2 Å². The van der Waals surface area contributed by atoms with Crippen molar-refractivity contribution >= 4 is 6.09 Å². The maximum Gasteiger partial charge on any atom is 0.573 e. The van der Waals surface area contributed by atoms with E-state index in [1.54, 1.807) is 28.8 Å². The van der Waals surface area contributed by atoms with Crippen molar-refractivity contribution < 1.29 is 27.4 Å². The number of rotatable bonds is 9. The van der Waals surface area contributed by atoms with Gasteiger partial charge in [0.05, 0.1) is 18.7 Å². The fourth-order valence-electron chi connectivity index (χ4n) is 5.45. The molecular formula is C26H31F3N6O3. The quantitative estimate of drug-likeness (QED) is 0.411. The molecule has 1 aliphatic heterocycles. The molecule has 2 unspecified atom stereocenters. The third-order valence-electron chi connectivity index (χ3n) is 7.41. The van der Waals surface area contributed by atoms with Gasteiger partial charge in [-0.15, -0.1) is 13.2 Å². The van der Waals surface area contributed by atoms with Crippen LogP contribution in [0.3, 0.4) is 0 Å². The lowest BCUT2D eigenvalue weighted by Gasteiger charge is -2.25. The average molecular weight is 533 g/mol. The van der Waals surface area contributed by atoms with Gasteiger partial charge in [0.25, 0.3) is 0 Å². The van der Waals surface area contributed by atoms with E-state index >= 15 is 0 Å². The van der Waals surface area contributed by atoms with Gasteiger partial charge < -0.3 is 18.9 Å². The van der Waals surface area contributed by atoms with Gasteiger partial charge in [-0.05, 0) is 49.3 Å². The minimum atomic E-state index is -4.79. The molecular weight excluding hydrogens is 501 g/mol. The molecule has 0 radical (unpaired) electrons. The normalized spacial score (nSPS) is 20.8. The first-order chi connectivity index (χ1) is 18.1. The number of aromatic nitrogens is 4. The number of fused-ring (bicyclic) bond motifs is 1. The number of amides is 1. The molecule has 5 rings (SSSR count). The average Bonchev–Trinajstić information content (AvgIpc) is 3.22. The van der Waals surface area contributed by atoms with Gasteiger partial charge in [0, 0.05) is 57.6 Å². The van der Waals surface area contributed by atoms with Crippen molar-refractivity contribution in [3.05, 3.63) is 59.8 Å². The summed E-state index contributed by atoms with van der Waals surface area (Å²) in [5.74, 6) is 1.07. The predicted octanol–water partition coefficient (Wildman–Crippen LogP) is 4.22. The maximum atomic E-state index is 13.1. The van der Waals surface area contributed by atoms with Gasteiger partial charge in [-0.3, -0.25) is 9.58 Å². The highest BCUT2D eigenvalue weighted by molar-refractivity contribution is 5.70. The molecule has 3 heterocycles. The molecule has 9 nitrogen and oxygen atoms in total. The molecule has 1 saturated carbocycles. The first-order valence-electron chi connectivity index (χ1n) is 12.6. The predicted molar refractivity (Wildman–Crippen MR) is 131 cm³/mol.